The topological polar surface area (TPSA) is 75.4 Å². The van der Waals surface area contributed by atoms with E-state index in [4.69, 9.17) is 5.73 Å². The molecule has 1 atom stereocenters. The van der Waals surface area contributed by atoms with E-state index in [9.17, 15) is 9.59 Å². The van der Waals surface area contributed by atoms with E-state index in [0.29, 0.717) is 23.7 Å². The third kappa shape index (κ3) is 4.21. The van der Waals surface area contributed by atoms with E-state index in [1.54, 1.807) is 18.0 Å². The Labute approximate surface area is 150 Å². The van der Waals surface area contributed by atoms with Crippen LogP contribution in [0.1, 0.15) is 55.3 Å². The number of nitrogens with zero attached hydrogens (tertiary/aromatic N) is 1. The van der Waals surface area contributed by atoms with Crippen molar-refractivity contribution in [1.29, 1.82) is 0 Å². The number of amides is 2. The molecule has 0 aliphatic heterocycles. The monoisotopic (exact) mass is 343 g/mol. The van der Waals surface area contributed by atoms with Crippen LogP contribution < -0.4 is 16.0 Å². The van der Waals surface area contributed by atoms with Gasteiger partial charge in [-0.05, 0) is 43.7 Å². The van der Waals surface area contributed by atoms with Crippen LogP contribution in [0.3, 0.4) is 0 Å². The minimum Gasteiger partial charge on any atom is -0.348 e. The highest BCUT2D eigenvalue weighted by Crippen LogP contribution is 2.33. The second-order valence-electron chi connectivity index (χ2n) is 7.40. The Morgan fingerprint density at radius 2 is 1.84 bits per heavy atom. The van der Waals surface area contributed by atoms with Crippen LogP contribution >= 0.6 is 0 Å². The van der Waals surface area contributed by atoms with E-state index in [2.05, 4.69) is 5.32 Å². The fourth-order valence-electron chi connectivity index (χ4n) is 3.83. The lowest BCUT2D eigenvalue weighted by atomic mass is 9.84. The smallest absolute Gasteiger partial charge is 0.253 e. The lowest BCUT2D eigenvalue weighted by Gasteiger charge is -2.30. The zero-order chi connectivity index (χ0) is 17.8. The number of para-hydroxylation sites is 1. The summed E-state index contributed by atoms with van der Waals surface area (Å²) in [7, 11) is 1.76. The first kappa shape index (κ1) is 17.9. The number of nitrogens with two attached hydrogens (primary N) is 1. The Morgan fingerprint density at radius 3 is 2.48 bits per heavy atom. The molecular weight excluding hydrogens is 314 g/mol. The maximum atomic E-state index is 12.9. The van der Waals surface area contributed by atoms with Crippen molar-refractivity contribution in [3.05, 3.63) is 29.8 Å². The van der Waals surface area contributed by atoms with Gasteiger partial charge in [-0.3, -0.25) is 9.59 Å². The van der Waals surface area contributed by atoms with Crippen molar-refractivity contribution in [1.82, 2.24) is 5.32 Å². The fraction of sp³-hybridized carbons (Fsp3) is 0.600. The van der Waals surface area contributed by atoms with E-state index in [1.165, 1.54) is 19.3 Å². The molecule has 0 spiro atoms. The van der Waals surface area contributed by atoms with Crippen molar-refractivity contribution < 1.29 is 9.59 Å². The maximum Gasteiger partial charge on any atom is 0.253 e. The molecule has 136 valence electrons. The van der Waals surface area contributed by atoms with Crippen LogP contribution in [0.15, 0.2) is 24.3 Å². The molecule has 2 fully saturated rings. The number of hydrogen-bond donors (Lipinski definition) is 2. The van der Waals surface area contributed by atoms with Crippen molar-refractivity contribution in [2.24, 2.45) is 17.6 Å². The summed E-state index contributed by atoms with van der Waals surface area (Å²) >= 11 is 0. The van der Waals surface area contributed by atoms with Gasteiger partial charge in [0.15, 0.2) is 0 Å². The zero-order valence-electron chi connectivity index (χ0n) is 15.0. The molecule has 0 bridgehead atoms. The quantitative estimate of drug-likeness (QED) is 0.834. The van der Waals surface area contributed by atoms with Crippen LogP contribution in [0.2, 0.25) is 0 Å². The molecule has 0 saturated heterocycles. The normalized spacial score (nSPS) is 19.3. The van der Waals surface area contributed by atoms with Crippen LogP contribution in [-0.2, 0) is 4.79 Å². The molecule has 3 rings (SSSR count). The van der Waals surface area contributed by atoms with Crippen molar-refractivity contribution in [3.8, 4) is 0 Å². The summed E-state index contributed by atoms with van der Waals surface area (Å²) in [5.41, 5.74) is 7.17. The zero-order valence-corrected chi connectivity index (χ0v) is 15.0. The van der Waals surface area contributed by atoms with E-state index in [0.717, 1.165) is 25.7 Å². The van der Waals surface area contributed by atoms with E-state index >= 15 is 0 Å². The predicted octanol–water partition coefficient (Wildman–Crippen LogP) is 2.70. The number of benzene rings is 1. The van der Waals surface area contributed by atoms with Gasteiger partial charge in [0.1, 0.15) is 0 Å². The highest BCUT2D eigenvalue weighted by molar-refractivity contribution is 6.05. The first-order valence-electron chi connectivity index (χ1n) is 9.49. The predicted molar refractivity (Wildman–Crippen MR) is 99.5 cm³/mol. The molecule has 5 heteroatoms. The molecule has 0 aromatic heterocycles. The van der Waals surface area contributed by atoms with Gasteiger partial charge >= 0.3 is 0 Å². The van der Waals surface area contributed by atoms with Gasteiger partial charge in [-0.1, -0.05) is 31.4 Å². The summed E-state index contributed by atoms with van der Waals surface area (Å²) in [5.74, 6) is 0.552. The summed E-state index contributed by atoms with van der Waals surface area (Å²) in [6.07, 6.45) is 7.87. The number of hydrogen-bond acceptors (Lipinski definition) is 3. The molecule has 25 heavy (non-hydrogen) atoms. The minimum atomic E-state index is -0.132. The molecular formula is C20H29N3O2. The van der Waals surface area contributed by atoms with E-state index in [-0.39, 0.29) is 23.8 Å². The van der Waals surface area contributed by atoms with Crippen molar-refractivity contribution in [3.63, 3.8) is 0 Å². The largest absolute Gasteiger partial charge is 0.348 e. The molecule has 1 aromatic carbocycles. The summed E-state index contributed by atoms with van der Waals surface area (Å²) < 4.78 is 0. The van der Waals surface area contributed by atoms with Gasteiger partial charge in [0, 0.05) is 25.6 Å². The van der Waals surface area contributed by atoms with Gasteiger partial charge in [-0.2, -0.15) is 0 Å². The van der Waals surface area contributed by atoms with Crippen LogP contribution in [-0.4, -0.2) is 31.4 Å². The summed E-state index contributed by atoms with van der Waals surface area (Å²) in [6, 6.07) is 7.34. The molecule has 1 aromatic rings. The van der Waals surface area contributed by atoms with Gasteiger partial charge in [-0.15, -0.1) is 0 Å². The van der Waals surface area contributed by atoms with Crippen LogP contribution in [0.5, 0.6) is 0 Å². The molecule has 5 nitrogen and oxygen atoms in total. The average Bonchev–Trinajstić information content (AvgIpc) is 3.50. The molecule has 2 saturated carbocycles. The first-order valence-corrected chi connectivity index (χ1v) is 9.49. The lowest BCUT2D eigenvalue weighted by Crippen LogP contribution is -2.46. The maximum absolute atomic E-state index is 12.9. The molecule has 1 unspecified atom stereocenters. The minimum absolute atomic E-state index is 0.00490. The Hall–Kier alpha value is -1.88. The van der Waals surface area contributed by atoms with Crippen molar-refractivity contribution in [2.45, 2.75) is 51.0 Å². The van der Waals surface area contributed by atoms with Crippen LogP contribution in [0.4, 0.5) is 5.69 Å². The third-order valence-corrected chi connectivity index (χ3v) is 5.56. The summed E-state index contributed by atoms with van der Waals surface area (Å²) in [5, 5.41) is 3.13. The van der Waals surface area contributed by atoms with Gasteiger partial charge in [0.05, 0.1) is 11.3 Å². The Bertz CT molecular complexity index is 621. The number of nitrogens with one attached hydrogen (secondary N) is 1. The number of carbonyl (C=O) groups is 2. The second kappa shape index (κ2) is 8.00. The lowest BCUT2D eigenvalue weighted by molar-refractivity contribution is -0.119. The standard InChI is InChI=1S/C20H29N3O2/c1-23(20(25)15-11-12-15)18-10-6-5-9-16(18)19(24)22-17(13-21)14-7-3-2-4-8-14/h5-6,9-10,14-15,17H,2-4,7-8,11-13,21H2,1H3,(H,22,24). The van der Waals surface area contributed by atoms with E-state index in [1.807, 2.05) is 18.2 Å². The Balaban J connectivity index is 1.73. The first-order chi connectivity index (χ1) is 12.1. The SMILES string of the molecule is CN(C(=O)C1CC1)c1ccccc1C(=O)NC(CN)C1CCCCC1. The van der Waals surface area contributed by atoms with Crippen LogP contribution in [0.25, 0.3) is 0 Å². The second-order valence-corrected chi connectivity index (χ2v) is 7.40. The molecule has 0 radical (unpaired) electrons. The number of carbonyl (C=O) groups excluding carboxylic acids is 2. The summed E-state index contributed by atoms with van der Waals surface area (Å²) in [4.78, 5) is 26.9. The fourth-order valence-corrected chi connectivity index (χ4v) is 3.83. The molecule has 2 aliphatic carbocycles. The van der Waals surface area contributed by atoms with Crippen molar-refractivity contribution >= 4 is 17.5 Å². The van der Waals surface area contributed by atoms with Gasteiger partial charge in [0.2, 0.25) is 5.91 Å². The van der Waals surface area contributed by atoms with Crippen molar-refractivity contribution in [2.75, 3.05) is 18.5 Å². The Kier molecular flexibility index (Phi) is 5.74. The molecule has 0 heterocycles. The van der Waals surface area contributed by atoms with Gasteiger partial charge in [0.25, 0.3) is 5.91 Å². The highest BCUT2D eigenvalue weighted by atomic mass is 16.2. The number of rotatable bonds is 6. The van der Waals surface area contributed by atoms with Crippen LogP contribution in [0, 0.1) is 11.8 Å². The molecule has 2 aliphatic rings. The Morgan fingerprint density at radius 1 is 1.16 bits per heavy atom. The highest BCUT2D eigenvalue weighted by Gasteiger charge is 2.34. The van der Waals surface area contributed by atoms with Gasteiger partial charge in [-0.25, -0.2) is 0 Å². The van der Waals surface area contributed by atoms with Gasteiger partial charge < -0.3 is 16.0 Å². The third-order valence-electron chi connectivity index (χ3n) is 5.56. The molecule has 3 N–H and O–H groups in total. The van der Waals surface area contributed by atoms with E-state index < -0.39 is 0 Å². The number of anilines is 1. The molecule has 2 amide bonds. The average molecular weight is 343 g/mol. The summed E-state index contributed by atoms with van der Waals surface area (Å²) in [6.45, 7) is 0.454.